The Morgan fingerprint density at radius 1 is 1.28 bits per heavy atom. The summed E-state index contributed by atoms with van der Waals surface area (Å²) in [4.78, 5) is 7.23. The van der Waals surface area contributed by atoms with E-state index in [1.54, 1.807) is 7.11 Å². The van der Waals surface area contributed by atoms with Crippen molar-refractivity contribution in [2.45, 2.75) is 44.6 Å². The van der Waals surface area contributed by atoms with Crippen molar-refractivity contribution in [2.75, 3.05) is 20.2 Å². The van der Waals surface area contributed by atoms with Gasteiger partial charge in [0.2, 0.25) is 0 Å². The van der Waals surface area contributed by atoms with E-state index in [1.807, 2.05) is 18.3 Å². The van der Waals surface area contributed by atoms with E-state index in [2.05, 4.69) is 54.3 Å². The fourth-order valence-electron chi connectivity index (χ4n) is 4.94. The third-order valence-electron chi connectivity index (χ3n) is 6.27. The Labute approximate surface area is 181 Å². The van der Waals surface area contributed by atoms with Crippen LogP contribution in [0.15, 0.2) is 43.1 Å². The van der Waals surface area contributed by atoms with E-state index < -0.39 is 8.32 Å². The first-order valence-electron chi connectivity index (χ1n) is 10.4. The number of piperidine rings is 3. The van der Waals surface area contributed by atoms with Crippen LogP contribution in [0.2, 0.25) is 19.6 Å². The number of benzene rings is 1. The number of halogens is 1. The number of rotatable bonds is 6. The zero-order valence-electron chi connectivity index (χ0n) is 17.9. The standard InChI is InChI=1S/C23H32N2O2Si.ClH/c1-6-16-15-25-12-10-17(16)13-22(25)23(27-28(3,4)5)19-9-11-24-21-8-7-18(26-2)14-20(19)21;/h6-9,11,14,16-17,22-23H,1,10,12-13,15H2,2-5H3;1H/t16-,17-,22+,23-;/m0./s1. The smallest absolute Gasteiger partial charge is 0.184 e. The van der Waals surface area contributed by atoms with Crippen LogP contribution in [0.5, 0.6) is 5.75 Å². The Kier molecular flexibility index (Phi) is 6.73. The molecule has 1 aromatic heterocycles. The van der Waals surface area contributed by atoms with Crippen molar-refractivity contribution in [3.63, 3.8) is 0 Å². The third-order valence-corrected chi connectivity index (χ3v) is 7.23. The second-order valence-electron chi connectivity index (χ2n) is 9.18. The van der Waals surface area contributed by atoms with Gasteiger partial charge in [0.25, 0.3) is 0 Å². The topological polar surface area (TPSA) is 34.6 Å². The van der Waals surface area contributed by atoms with Gasteiger partial charge < -0.3 is 9.16 Å². The second kappa shape index (κ2) is 8.76. The summed E-state index contributed by atoms with van der Waals surface area (Å²) in [5.74, 6) is 2.21. The fraction of sp³-hybridized carbons (Fsp3) is 0.522. The largest absolute Gasteiger partial charge is 0.497 e. The average Bonchev–Trinajstić information content (AvgIpc) is 2.70. The molecule has 4 nitrogen and oxygen atoms in total. The SMILES string of the molecule is C=C[C@H]1CN2CC[C@H]1C[C@@H]2[C@@H](O[Si](C)(C)C)c1ccnc2ccc(OC)cc12.Cl. The lowest BCUT2D eigenvalue weighted by molar-refractivity contribution is -0.0382. The van der Waals surface area contributed by atoms with Gasteiger partial charge in [-0.05, 0) is 80.7 Å². The zero-order valence-corrected chi connectivity index (χ0v) is 19.7. The minimum absolute atomic E-state index is 0. The number of fused-ring (bicyclic) bond motifs is 4. The Bertz CT molecular complexity index is 870. The van der Waals surface area contributed by atoms with Gasteiger partial charge in [0, 0.05) is 24.2 Å². The van der Waals surface area contributed by atoms with Gasteiger partial charge in [0.15, 0.2) is 8.32 Å². The monoisotopic (exact) mass is 432 g/mol. The van der Waals surface area contributed by atoms with Crippen molar-refractivity contribution < 1.29 is 9.16 Å². The highest BCUT2D eigenvalue weighted by Crippen LogP contribution is 2.44. The Morgan fingerprint density at radius 2 is 2.07 bits per heavy atom. The lowest BCUT2D eigenvalue weighted by Gasteiger charge is -2.52. The summed E-state index contributed by atoms with van der Waals surface area (Å²) >= 11 is 0. The molecule has 0 radical (unpaired) electrons. The zero-order chi connectivity index (χ0) is 19.9. The summed E-state index contributed by atoms with van der Waals surface area (Å²) in [5.41, 5.74) is 2.25. The van der Waals surface area contributed by atoms with Gasteiger partial charge in [-0.1, -0.05) is 6.08 Å². The molecule has 1 unspecified atom stereocenters. The van der Waals surface area contributed by atoms with Crippen LogP contribution in [0.3, 0.4) is 0 Å². The highest BCUT2D eigenvalue weighted by atomic mass is 35.5. The Balaban J connectivity index is 0.00000240. The molecule has 2 bridgehead atoms. The molecule has 158 valence electrons. The maximum Gasteiger partial charge on any atom is 0.184 e. The molecule has 3 aliphatic rings. The number of hydrogen-bond acceptors (Lipinski definition) is 4. The Morgan fingerprint density at radius 3 is 2.69 bits per heavy atom. The molecule has 4 heterocycles. The molecule has 0 saturated carbocycles. The van der Waals surface area contributed by atoms with Crippen LogP contribution < -0.4 is 4.74 Å². The van der Waals surface area contributed by atoms with Gasteiger partial charge in [-0.15, -0.1) is 19.0 Å². The first-order valence-corrected chi connectivity index (χ1v) is 13.8. The highest BCUT2D eigenvalue weighted by molar-refractivity contribution is 6.69. The maximum absolute atomic E-state index is 6.87. The number of nitrogens with zero attached hydrogens (tertiary/aromatic N) is 2. The highest BCUT2D eigenvalue weighted by Gasteiger charge is 2.44. The number of ether oxygens (including phenoxy) is 1. The van der Waals surface area contributed by atoms with E-state index in [4.69, 9.17) is 9.16 Å². The normalized spacial score (nSPS) is 27.3. The lowest BCUT2D eigenvalue weighted by Crippen LogP contribution is -2.56. The minimum atomic E-state index is -1.75. The number of methoxy groups -OCH3 is 1. The molecule has 0 aliphatic carbocycles. The quantitative estimate of drug-likeness (QED) is 0.448. The summed E-state index contributed by atoms with van der Waals surface area (Å²) in [5, 5.41) is 1.15. The van der Waals surface area contributed by atoms with Crippen molar-refractivity contribution in [1.29, 1.82) is 0 Å². The maximum atomic E-state index is 6.87. The van der Waals surface area contributed by atoms with Crippen LogP contribution in [0.25, 0.3) is 10.9 Å². The molecule has 1 aromatic carbocycles. The molecule has 0 spiro atoms. The van der Waals surface area contributed by atoms with Crippen LogP contribution in [0, 0.1) is 11.8 Å². The van der Waals surface area contributed by atoms with Gasteiger partial charge in [-0.3, -0.25) is 9.88 Å². The Hall–Kier alpha value is -1.40. The molecule has 3 fully saturated rings. The van der Waals surface area contributed by atoms with Gasteiger partial charge in [-0.2, -0.15) is 0 Å². The molecular weight excluding hydrogens is 400 g/mol. The van der Waals surface area contributed by atoms with Gasteiger partial charge >= 0.3 is 0 Å². The second-order valence-corrected chi connectivity index (χ2v) is 13.6. The molecule has 2 aromatic rings. The summed E-state index contributed by atoms with van der Waals surface area (Å²) in [6.45, 7) is 13.2. The van der Waals surface area contributed by atoms with Gasteiger partial charge in [0.1, 0.15) is 5.75 Å². The summed E-state index contributed by atoms with van der Waals surface area (Å²) < 4.78 is 12.4. The number of pyridine rings is 1. The van der Waals surface area contributed by atoms with Crippen molar-refractivity contribution in [3.05, 3.63) is 48.7 Å². The lowest BCUT2D eigenvalue weighted by atomic mass is 9.73. The van der Waals surface area contributed by atoms with E-state index in [-0.39, 0.29) is 18.5 Å². The van der Waals surface area contributed by atoms with E-state index in [1.165, 1.54) is 18.4 Å². The van der Waals surface area contributed by atoms with Gasteiger partial charge in [0.05, 0.1) is 18.7 Å². The fourth-order valence-corrected chi connectivity index (χ4v) is 5.99. The molecule has 5 atom stereocenters. The summed E-state index contributed by atoms with van der Waals surface area (Å²) in [7, 11) is -0.0309. The molecule has 0 N–H and O–H groups in total. The van der Waals surface area contributed by atoms with Crippen molar-refractivity contribution >= 4 is 31.6 Å². The van der Waals surface area contributed by atoms with Crippen LogP contribution in [-0.2, 0) is 4.43 Å². The van der Waals surface area contributed by atoms with Crippen LogP contribution in [0.4, 0.5) is 0 Å². The van der Waals surface area contributed by atoms with Crippen molar-refractivity contribution in [1.82, 2.24) is 9.88 Å². The first-order chi connectivity index (χ1) is 13.4. The van der Waals surface area contributed by atoms with Crippen molar-refractivity contribution in [3.8, 4) is 5.75 Å². The van der Waals surface area contributed by atoms with Crippen LogP contribution in [0.1, 0.15) is 24.5 Å². The summed E-state index contributed by atoms with van der Waals surface area (Å²) in [6.07, 6.45) is 6.61. The molecule has 5 rings (SSSR count). The van der Waals surface area contributed by atoms with Crippen LogP contribution >= 0.6 is 12.4 Å². The van der Waals surface area contributed by atoms with Crippen molar-refractivity contribution in [2.24, 2.45) is 11.8 Å². The average molecular weight is 433 g/mol. The number of aromatic nitrogens is 1. The third kappa shape index (κ3) is 4.53. The van der Waals surface area contributed by atoms with E-state index in [0.29, 0.717) is 12.0 Å². The first kappa shape index (κ1) is 22.3. The molecule has 3 aliphatic heterocycles. The predicted molar refractivity (Wildman–Crippen MR) is 124 cm³/mol. The molecule has 29 heavy (non-hydrogen) atoms. The predicted octanol–water partition coefficient (Wildman–Crippen LogP) is 5.45. The molecule has 3 saturated heterocycles. The number of hydrogen-bond donors (Lipinski definition) is 0. The van der Waals surface area contributed by atoms with Crippen LogP contribution in [-0.4, -0.2) is 44.4 Å². The molecule has 6 heteroatoms. The van der Waals surface area contributed by atoms with E-state index >= 15 is 0 Å². The van der Waals surface area contributed by atoms with Gasteiger partial charge in [-0.25, -0.2) is 0 Å². The molecule has 0 amide bonds. The molecular formula is C23H33ClN2O2Si. The summed E-state index contributed by atoms with van der Waals surface area (Å²) in [6, 6.07) is 8.71. The minimum Gasteiger partial charge on any atom is -0.497 e. The van der Waals surface area contributed by atoms with E-state index in [9.17, 15) is 0 Å². The van der Waals surface area contributed by atoms with E-state index in [0.717, 1.165) is 35.7 Å².